The van der Waals surface area contributed by atoms with E-state index in [1.54, 1.807) is 13.0 Å². The lowest BCUT2D eigenvalue weighted by atomic mass is 9.95. The number of aromatic amines is 1. The molecule has 8 nitrogen and oxygen atoms in total. The van der Waals surface area contributed by atoms with Crippen molar-refractivity contribution < 1.29 is 19.2 Å². The molecule has 1 aromatic heterocycles. The summed E-state index contributed by atoms with van der Waals surface area (Å²) in [4.78, 5) is 36.8. The molecule has 2 atom stereocenters. The molecule has 1 heterocycles. The van der Waals surface area contributed by atoms with Crippen molar-refractivity contribution in [2.75, 3.05) is 0 Å². The molecule has 0 spiro atoms. The Labute approximate surface area is 176 Å². The normalized spacial score (nSPS) is 12.9. The monoisotopic (exact) mass is 429 g/mol. The number of nitrogens with zero attached hydrogens (tertiary/aromatic N) is 1. The minimum atomic E-state index is -0.958. The van der Waals surface area contributed by atoms with Gasteiger partial charge in [-0.15, -0.1) is 0 Å². The smallest absolute Gasteiger partial charge is 0.439 e. The molecular weight excluding hydrogens is 410 g/mol. The van der Waals surface area contributed by atoms with E-state index in [4.69, 9.17) is 11.6 Å². The third-order valence-electron chi connectivity index (χ3n) is 4.64. The molecule has 30 heavy (non-hydrogen) atoms. The van der Waals surface area contributed by atoms with Crippen molar-refractivity contribution in [1.82, 2.24) is 15.5 Å². The summed E-state index contributed by atoms with van der Waals surface area (Å²) in [5, 5.41) is 16.0. The van der Waals surface area contributed by atoms with Crippen molar-refractivity contribution in [3.8, 4) is 11.1 Å². The molecule has 156 valence electrons. The summed E-state index contributed by atoms with van der Waals surface area (Å²) < 4.78 is 4.34. The van der Waals surface area contributed by atoms with Crippen LogP contribution in [0.3, 0.4) is 0 Å². The van der Waals surface area contributed by atoms with Crippen LogP contribution in [-0.2, 0) is 11.2 Å². The second kappa shape index (κ2) is 9.41. The first-order valence-corrected chi connectivity index (χ1v) is 9.64. The average Bonchev–Trinajstić information content (AvgIpc) is 3.15. The third-order valence-corrected chi connectivity index (χ3v) is 4.88. The molecule has 0 aliphatic heterocycles. The first-order chi connectivity index (χ1) is 14.3. The summed E-state index contributed by atoms with van der Waals surface area (Å²) >= 11 is 6.05. The lowest BCUT2D eigenvalue weighted by molar-refractivity contribution is -0.141. The first-order valence-electron chi connectivity index (χ1n) is 9.26. The molecule has 3 N–H and O–H groups in total. The Kier molecular flexibility index (Phi) is 6.68. The number of hydrogen-bond donors (Lipinski definition) is 3. The highest BCUT2D eigenvalue weighted by Gasteiger charge is 2.22. The number of carboxylic acid groups (broad SMARTS) is 1. The van der Waals surface area contributed by atoms with Gasteiger partial charge in [0.1, 0.15) is 0 Å². The van der Waals surface area contributed by atoms with Gasteiger partial charge in [0, 0.05) is 11.1 Å². The maximum Gasteiger partial charge on any atom is 0.439 e. The van der Waals surface area contributed by atoms with Crippen LogP contribution in [0.15, 0.2) is 57.8 Å². The molecule has 0 saturated carbocycles. The van der Waals surface area contributed by atoms with Crippen LogP contribution in [0, 0.1) is 5.92 Å². The highest BCUT2D eigenvalue weighted by atomic mass is 35.5. The minimum Gasteiger partial charge on any atom is -0.481 e. The van der Waals surface area contributed by atoms with Gasteiger partial charge in [0.2, 0.25) is 5.82 Å². The van der Waals surface area contributed by atoms with E-state index in [1.165, 1.54) is 0 Å². The molecule has 0 fully saturated rings. The Bertz CT molecular complexity index is 1090. The molecule has 3 rings (SSSR count). The predicted octanol–water partition coefficient (Wildman–Crippen LogP) is 3.14. The quantitative estimate of drug-likeness (QED) is 0.505. The standard InChI is InChI=1S/C21H20ClN3O5/c1-12(20(27)28)9-17(23-19(26)18-24-21(29)30-25-18)10-13-5-7-14(8-6-13)15-3-2-4-16(22)11-15/h2-8,11-12,17H,9-10H2,1H3,(H,23,26)(H,27,28)(H,24,25,29)/t12-,17+/m1/s1. The molecule has 0 unspecified atom stereocenters. The fourth-order valence-electron chi connectivity index (χ4n) is 3.09. The number of nitrogens with one attached hydrogen (secondary N) is 2. The molecular formula is C21H20ClN3O5. The summed E-state index contributed by atoms with van der Waals surface area (Å²) in [7, 11) is 0. The van der Waals surface area contributed by atoms with Crippen molar-refractivity contribution in [3.63, 3.8) is 0 Å². The van der Waals surface area contributed by atoms with Crippen LogP contribution < -0.4 is 11.1 Å². The first kappa shape index (κ1) is 21.3. The van der Waals surface area contributed by atoms with Crippen molar-refractivity contribution in [2.24, 2.45) is 5.92 Å². The third kappa shape index (κ3) is 5.57. The van der Waals surface area contributed by atoms with Gasteiger partial charge < -0.3 is 10.4 Å². The zero-order chi connectivity index (χ0) is 21.7. The Morgan fingerprint density at radius 1 is 1.20 bits per heavy atom. The van der Waals surface area contributed by atoms with Crippen LogP contribution in [0.4, 0.5) is 0 Å². The highest BCUT2D eigenvalue weighted by molar-refractivity contribution is 6.30. The molecule has 0 aliphatic rings. The van der Waals surface area contributed by atoms with Crippen molar-refractivity contribution in [3.05, 3.63) is 75.5 Å². The van der Waals surface area contributed by atoms with Crippen LogP contribution in [0.1, 0.15) is 29.5 Å². The van der Waals surface area contributed by atoms with E-state index in [2.05, 4.69) is 20.0 Å². The van der Waals surface area contributed by atoms with E-state index in [-0.39, 0.29) is 12.2 Å². The van der Waals surface area contributed by atoms with Gasteiger partial charge >= 0.3 is 11.7 Å². The molecule has 0 bridgehead atoms. The Morgan fingerprint density at radius 2 is 1.93 bits per heavy atom. The van der Waals surface area contributed by atoms with Gasteiger partial charge in [-0.2, -0.15) is 0 Å². The van der Waals surface area contributed by atoms with Crippen LogP contribution in [0.2, 0.25) is 5.02 Å². The van der Waals surface area contributed by atoms with Gasteiger partial charge in [-0.25, -0.2) is 4.79 Å². The number of carboxylic acids is 1. The van der Waals surface area contributed by atoms with Gasteiger partial charge in [0.15, 0.2) is 0 Å². The highest BCUT2D eigenvalue weighted by Crippen LogP contribution is 2.23. The van der Waals surface area contributed by atoms with E-state index < -0.39 is 29.6 Å². The number of H-pyrrole nitrogens is 1. The summed E-state index contributed by atoms with van der Waals surface area (Å²) in [6.45, 7) is 1.57. The second-order valence-electron chi connectivity index (χ2n) is 7.00. The fourth-order valence-corrected chi connectivity index (χ4v) is 3.28. The summed E-state index contributed by atoms with van der Waals surface area (Å²) in [6, 6.07) is 14.7. The van der Waals surface area contributed by atoms with Gasteiger partial charge in [0.25, 0.3) is 5.91 Å². The van der Waals surface area contributed by atoms with Crippen molar-refractivity contribution in [1.29, 1.82) is 0 Å². The molecule has 2 aromatic carbocycles. The predicted molar refractivity (Wildman–Crippen MR) is 110 cm³/mol. The van der Waals surface area contributed by atoms with Gasteiger partial charge in [-0.1, -0.05) is 54.9 Å². The Balaban J connectivity index is 1.75. The number of rotatable bonds is 8. The number of carbonyl (C=O) groups is 2. The van der Waals surface area contributed by atoms with Crippen LogP contribution >= 0.6 is 11.6 Å². The molecule has 0 saturated heterocycles. The Hall–Kier alpha value is -3.39. The molecule has 0 aliphatic carbocycles. The van der Waals surface area contributed by atoms with E-state index in [0.717, 1.165) is 16.7 Å². The number of halogens is 1. The van der Waals surface area contributed by atoms with E-state index >= 15 is 0 Å². The zero-order valence-corrected chi connectivity index (χ0v) is 16.8. The van der Waals surface area contributed by atoms with Gasteiger partial charge in [-0.05, 0) is 46.8 Å². The number of carbonyl (C=O) groups excluding carboxylic acids is 1. The maximum atomic E-state index is 12.3. The van der Waals surface area contributed by atoms with Crippen molar-refractivity contribution in [2.45, 2.75) is 25.8 Å². The van der Waals surface area contributed by atoms with Crippen LogP contribution in [-0.4, -0.2) is 33.2 Å². The minimum absolute atomic E-state index is 0.208. The average molecular weight is 430 g/mol. The summed E-state index contributed by atoms with van der Waals surface area (Å²) in [6.07, 6.45) is 0.612. The van der Waals surface area contributed by atoms with Crippen LogP contribution in [0.25, 0.3) is 11.1 Å². The van der Waals surface area contributed by atoms with Crippen molar-refractivity contribution >= 4 is 23.5 Å². The Morgan fingerprint density at radius 3 is 2.53 bits per heavy atom. The topological polar surface area (TPSA) is 125 Å². The van der Waals surface area contributed by atoms with Gasteiger partial charge in [-0.3, -0.25) is 19.1 Å². The number of aromatic nitrogens is 2. The lowest BCUT2D eigenvalue weighted by Gasteiger charge is -2.20. The largest absolute Gasteiger partial charge is 0.481 e. The maximum absolute atomic E-state index is 12.3. The van der Waals surface area contributed by atoms with E-state index in [1.807, 2.05) is 42.5 Å². The number of amides is 1. The number of benzene rings is 2. The van der Waals surface area contributed by atoms with E-state index in [0.29, 0.717) is 11.4 Å². The molecule has 0 radical (unpaired) electrons. The van der Waals surface area contributed by atoms with Crippen LogP contribution in [0.5, 0.6) is 0 Å². The van der Waals surface area contributed by atoms with E-state index in [9.17, 15) is 19.5 Å². The molecule has 3 aromatic rings. The molecule has 1 amide bonds. The second-order valence-corrected chi connectivity index (χ2v) is 7.44. The molecule has 9 heteroatoms. The SMILES string of the molecule is C[C@H](C[C@@H](Cc1ccc(-c2cccc(Cl)c2)cc1)NC(=O)c1noc(=O)[nH]1)C(=O)O. The lowest BCUT2D eigenvalue weighted by Crippen LogP contribution is -2.39. The zero-order valence-electron chi connectivity index (χ0n) is 16.1. The number of hydrogen-bond acceptors (Lipinski definition) is 5. The fraction of sp³-hybridized carbons (Fsp3) is 0.238. The summed E-state index contributed by atoms with van der Waals surface area (Å²) in [5.74, 6) is -3.37. The number of aliphatic carboxylic acids is 1. The van der Waals surface area contributed by atoms with Gasteiger partial charge in [0.05, 0.1) is 5.92 Å². The summed E-state index contributed by atoms with van der Waals surface area (Å²) in [5.41, 5.74) is 2.88.